The molecule has 0 aliphatic carbocycles. The second-order valence-electron chi connectivity index (χ2n) is 4.42. The number of thiophene rings is 1. The third kappa shape index (κ3) is 3.71. The van der Waals surface area contributed by atoms with Crippen LogP contribution in [0.2, 0.25) is 4.34 Å². The topological polar surface area (TPSA) is 45.2 Å². The zero-order valence-corrected chi connectivity index (χ0v) is 13.3. The molecule has 0 radical (unpaired) electrons. The summed E-state index contributed by atoms with van der Waals surface area (Å²) in [5, 5.41) is 2.79. The first-order chi connectivity index (χ1) is 10.0. The van der Waals surface area contributed by atoms with Gasteiger partial charge >= 0.3 is 0 Å². The predicted molar refractivity (Wildman–Crippen MR) is 83.5 cm³/mol. The second-order valence-corrected chi connectivity index (χ2v) is 6.22. The molecule has 2 aromatic heterocycles. The number of pyridine rings is 1. The molecule has 0 saturated heterocycles. The number of halogens is 2. The van der Waals surface area contributed by atoms with E-state index in [1.165, 1.54) is 28.5 Å². The lowest BCUT2D eigenvalue weighted by molar-refractivity contribution is 0.0781. The highest BCUT2D eigenvalue weighted by atomic mass is 35.5. The van der Waals surface area contributed by atoms with E-state index >= 15 is 0 Å². The molecule has 21 heavy (non-hydrogen) atoms. The average Bonchev–Trinajstić information content (AvgIpc) is 2.86. The summed E-state index contributed by atoms with van der Waals surface area (Å²) < 4.78 is 14.9. The summed E-state index contributed by atoms with van der Waals surface area (Å²) >= 11 is 7.26. The molecule has 4 nitrogen and oxygen atoms in total. The Morgan fingerprint density at radius 3 is 2.86 bits per heavy atom. The van der Waals surface area contributed by atoms with Crippen molar-refractivity contribution >= 4 is 34.7 Å². The van der Waals surface area contributed by atoms with E-state index in [2.05, 4.69) is 10.3 Å². The smallest absolute Gasteiger partial charge is 0.257 e. The number of rotatable bonds is 5. The van der Waals surface area contributed by atoms with Crippen LogP contribution >= 0.6 is 22.9 Å². The number of carbonyl (C=O) groups is 1. The first-order valence-corrected chi connectivity index (χ1v) is 7.60. The quantitative estimate of drug-likeness (QED) is 0.912. The number of aromatic nitrogens is 1. The van der Waals surface area contributed by atoms with Crippen LogP contribution < -0.4 is 5.32 Å². The average molecular weight is 328 g/mol. The normalized spacial score (nSPS) is 10.5. The standard InChI is InChI=1S/C14H15ClFN3OS/c1-3-17-13-12(16)10(6-7-18-13)14(20)19(2)8-9-4-5-11(15)21-9/h4-7H,3,8H2,1-2H3,(H,17,18). The highest BCUT2D eigenvalue weighted by Crippen LogP contribution is 2.23. The van der Waals surface area contributed by atoms with E-state index in [1.54, 1.807) is 13.1 Å². The van der Waals surface area contributed by atoms with Crippen molar-refractivity contribution in [3.05, 3.63) is 45.0 Å². The lowest BCUT2D eigenvalue weighted by Crippen LogP contribution is -2.27. The first-order valence-electron chi connectivity index (χ1n) is 6.41. The third-order valence-electron chi connectivity index (χ3n) is 2.83. The Hall–Kier alpha value is -1.66. The summed E-state index contributed by atoms with van der Waals surface area (Å²) in [6, 6.07) is 5.01. The zero-order chi connectivity index (χ0) is 15.4. The summed E-state index contributed by atoms with van der Waals surface area (Å²) in [5.41, 5.74) is 0.00565. The van der Waals surface area contributed by atoms with Crippen LogP contribution in [-0.2, 0) is 6.54 Å². The van der Waals surface area contributed by atoms with Gasteiger partial charge in [-0.15, -0.1) is 11.3 Å². The minimum atomic E-state index is -0.625. The maximum atomic E-state index is 14.2. The summed E-state index contributed by atoms with van der Waals surface area (Å²) in [5.74, 6) is -0.921. The van der Waals surface area contributed by atoms with Gasteiger partial charge in [-0.25, -0.2) is 9.37 Å². The number of anilines is 1. The van der Waals surface area contributed by atoms with Crippen LogP contribution in [-0.4, -0.2) is 29.4 Å². The summed E-state index contributed by atoms with van der Waals surface area (Å²) in [6.07, 6.45) is 1.42. The molecular formula is C14H15ClFN3OS. The highest BCUT2D eigenvalue weighted by Gasteiger charge is 2.19. The molecule has 2 rings (SSSR count). The summed E-state index contributed by atoms with van der Waals surface area (Å²) in [4.78, 5) is 18.6. The molecule has 0 saturated carbocycles. The molecule has 112 valence electrons. The van der Waals surface area contributed by atoms with Crippen molar-refractivity contribution in [3.8, 4) is 0 Å². The van der Waals surface area contributed by atoms with Gasteiger partial charge < -0.3 is 10.2 Å². The molecule has 0 atom stereocenters. The van der Waals surface area contributed by atoms with Gasteiger partial charge in [-0.3, -0.25) is 4.79 Å². The maximum Gasteiger partial charge on any atom is 0.257 e. The van der Waals surface area contributed by atoms with Crippen molar-refractivity contribution in [2.75, 3.05) is 18.9 Å². The van der Waals surface area contributed by atoms with Gasteiger partial charge in [-0.2, -0.15) is 0 Å². The SMILES string of the molecule is CCNc1nccc(C(=O)N(C)Cc2ccc(Cl)s2)c1F. The fraction of sp³-hybridized carbons (Fsp3) is 0.286. The minimum absolute atomic E-state index is 0.00565. The highest BCUT2D eigenvalue weighted by molar-refractivity contribution is 7.16. The Labute approximate surface area is 131 Å². The van der Waals surface area contributed by atoms with Crippen LogP contribution in [0.5, 0.6) is 0 Å². The summed E-state index contributed by atoms with van der Waals surface area (Å²) in [6.45, 7) is 2.75. The van der Waals surface area contributed by atoms with E-state index in [0.717, 1.165) is 4.88 Å². The zero-order valence-electron chi connectivity index (χ0n) is 11.7. The lowest BCUT2D eigenvalue weighted by atomic mass is 10.2. The van der Waals surface area contributed by atoms with Crippen LogP contribution in [0.15, 0.2) is 24.4 Å². The van der Waals surface area contributed by atoms with E-state index in [-0.39, 0.29) is 11.4 Å². The van der Waals surface area contributed by atoms with Crippen LogP contribution in [0.3, 0.4) is 0 Å². The fourth-order valence-corrected chi connectivity index (χ4v) is 2.99. The maximum absolute atomic E-state index is 14.2. The molecule has 0 aromatic carbocycles. The Morgan fingerprint density at radius 2 is 2.24 bits per heavy atom. The molecular weight excluding hydrogens is 313 g/mol. The molecule has 1 N–H and O–H groups in total. The van der Waals surface area contributed by atoms with Gasteiger partial charge in [0, 0.05) is 24.7 Å². The molecule has 2 heterocycles. The number of carbonyl (C=O) groups excluding carboxylic acids is 1. The lowest BCUT2D eigenvalue weighted by Gasteiger charge is -2.17. The number of hydrogen-bond donors (Lipinski definition) is 1. The fourth-order valence-electron chi connectivity index (χ4n) is 1.85. The van der Waals surface area contributed by atoms with Crippen LogP contribution in [0.25, 0.3) is 0 Å². The van der Waals surface area contributed by atoms with Crippen molar-refractivity contribution in [3.63, 3.8) is 0 Å². The Balaban J connectivity index is 2.17. The van der Waals surface area contributed by atoms with Gasteiger partial charge in [-0.05, 0) is 25.1 Å². The number of hydrogen-bond acceptors (Lipinski definition) is 4. The van der Waals surface area contributed by atoms with Crippen molar-refractivity contribution in [1.82, 2.24) is 9.88 Å². The largest absolute Gasteiger partial charge is 0.368 e. The van der Waals surface area contributed by atoms with Crippen molar-refractivity contribution < 1.29 is 9.18 Å². The first kappa shape index (κ1) is 15.7. The minimum Gasteiger partial charge on any atom is -0.368 e. The Kier molecular flexibility index (Phi) is 5.14. The van der Waals surface area contributed by atoms with Crippen LogP contribution in [0.4, 0.5) is 10.2 Å². The summed E-state index contributed by atoms with van der Waals surface area (Å²) in [7, 11) is 1.63. The van der Waals surface area contributed by atoms with E-state index in [0.29, 0.717) is 17.4 Å². The van der Waals surface area contributed by atoms with Gasteiger partial charge in [-0.1, -0.05) is 11.6 Å². The molecule has 0 fully saturated rings. The van der Waals surface area contributed by atoms with Gasteiger partial charge in [0.25, 0.3) is 5.91 Å². The van der Waals surface area contributed by atoms with Gasteiger partial charge in [0.15, 0.2) is 11.6 Å². The molecule has 0 unspecified atom stereocenters. The molecule has 0 spiro atoms. The van der Waals surface area contributed by atoms with Crippen molar-refractivity contribution in [2.24, 2.45) is 0 Å². The Morgan fingerprint density at radius 1 is 1.48 bits per heavy atom. The molecule has 0 aliphatic heterocycles. The molecule has 0 bridgehead atoms. The monoisotopic (exact) mass is 327 g/mol. The van der Waals surface area contributed by atoms with E-state index in [9.17, 15) is 9.18 Å². The van der Waals surface area contributed by atoms with Gasteiger partial charge in [0.05, 0.1) is 16.4 Å². The van der Waals surface area contributed by atoms with Crippen LogP contribution in [0.1, 0.15) is 22.2 Å². The molecule has 0 aliphatic rings. The second kappa shape index (κ2) is 6.87. The number of nitrogens with zero attached hydrogens (tertiary/aromatic N) is 2. The predicted octanol–water partition coefficient (Wildman–Crippen LogP) is 3.64. The van der Waals surface area contributed by atoms with Crippen molar-refractivity contribution in [1.29, 1.82) is 0 Å². The third-order valence-corrected chi connectivity index (χ3v) is 4.05. The Bertz CT molecular complexity index is 647. The molecule has 1 amide bonds. The van der Waals surface area contributed by atoms with Gasteiger partial charge in [0.1, 0.15) is 0 Å². The van der Waals surface area contributed by atoms with E-state index in [1.807, 2.05) is 13.0 Å². The van der Waals surface area contributed by atoms with Crippen molar-refractivity contribution in [2.45, 2.75) is 13.5 Å². The van der Waals surface area contributed by atoms with Gasteiger partial charge in [0.2, 0.25) is 0 Å². The number of nitrogens with one attached hydrogen (secondary N) is 1. The van der Waals surface area contributed by atoms with Crippen LogP contribution in [0, 0.1) is 5.82 Å². The van der Waals surface area contributed by atoms with E-state index < -0.39 is 11.7 Å². The number of amides is 1. The molecule has 2 aromatic rings. The molecule has 7 heteroatoms. The van der Waals surface area contributed by atoms with E-state index in [4.69, 9.17) is 11.6 Å².